The monoisotopic (exact) mass is 412 g/mol. The van der Waals surface area contributed by atoms with Gasteiger partial charge in [0, 0.05) is 10.5 Å². The second kappa shape index (κ2) is 5.35. The standard InChI is InChI=1S/C14H10Br2N2OS/c1-19-13-7-9(3-4-10(13)16)18-12-5-2-8(15)6-11(12)17-14(18)20/h2-7H,1H3,(H,17,20). The van der Waals surface area contributed by atoms with Gasteiger partial charge in [0.1, 0.15) is 5.75 Å². The SMILES string of the molecule is COc1cc(-n2c(=S)[nH]c3cc(Br)ccc32)ccc1Br. The van der Waals surface area contributed by atoms with Gasteiger partial charge in [-0.1, -0.05) is 15.9 Å². The van der Waals surface area contributed by atoms with Crippen LogP contribution in [0.1, 0.15) is 0 Å². The van der Waals surface area contributed by atoms with E-state index in [-0.39, 0.29) is 0 Å². The summed E-state index contributed by atoms with van der Waals surface area (Å²) in [7, 11) is 1.65. The average Bonchev–Trinajstić information content (AvgIpc) is 2.74. The Bertz CT molecular complexity index is 854. The number of H-pyrrole nitrogens is 1. The molecule has 0 spiro atoms. The number of hydrogen-bond acceptors (Lipinski definition) is 2. The first-order valence-corrected chi connectivity index (χ1v) is 7.84. The Balaban J connectivity index is 2.29. The van der Waals surface area contributed by atoms with Crippen molar-refractivity contribution in [2.45, 2.75) is 0 Å². The molecule has 0 fully saturated rings. The van der Waals surface area contributed by atoms with Gasteiger partial charge >= 0.3 is 0 Å². The largest absolute Gasteiger partial charge is 0.495 e. The van der Waals surface area contributed by atoms with Crippen LogP contribution in [0.2, 0.25) is 0 Å². The molecular formula is C14H10Br2N2OS. The van der Waals surface area contributed by atoms with Crippen LogP contribution < -0.4 is 4.74 Å². The topological polar surface area (TPSA) is 29.9 Å². The molecule has 102 valence electrons. The van der Waals surface area contributed by atoms with Crippen LogP contribution in [0.3, 0.4) is 0 Å². The molecule has 0 atom stereocenters. The van der Waals surface area contributed by atoms with Gasteiger partial charge in [0.15, 0.2) is 4.77 Å². The van der Waals surface area contributed by atoms with Crippen molar-refractivity contribution in [3.05, 3.63) is 50.1 Å². The predicted octanol–water partition coefficient (Wildman–Crippen LogP) is 5.22. The highest BCUT2D eigenvalue weighted by molar-refractivity contribution is 9.10. The Morgan fingerprint density at radius 1 is 1.15 bits per heavy atom. The van der Waals surface area contributed by atoms with Gasteiger partial charge in [-0.05, 0) is 58.5 Å². The second-order valence-corrected chi connectivity index (χ2v) is 6.40. The number of rotatable bonds is 2. The summed E-state index contributed by atoms with van der Waals surface area (Å²) in [4.78, 5) is 3.21. The minimum atomic E-state index is 0.655. The van der Waals surface area contributed by atoms with E-state index in [4.69, 9.17) is 17.0 Å². The molecule has 1 N–H and O–H groups in total. The Hall–Kier alpha value is -1.11. The van der Waals surface area contributed by atoms with Crippen LogP contribution in [0.25, 0.3) is 16.7 Å². The maximum Gasteiger partial charge on any atom is 0.182 e. The number of halogens is 2. The van der Waals surface area contributed by atoms with Crippen molar-refractivity contribution in [3.8, 4) is 11.4 Å². The van der Waals surface area contributed by atoms with Gasteiger partial charge in [-0.2, -0.15) is 0 Å². The third-order valence-electron chi connectivity index (χ3n) is 3.04. The summed E-state index contributed by atoms with van der Waals surface area (Å²) in [6.45, 7) is 0. The molecule has 0 unspecified atom stereocenters. The van der Waals surface area contributed by atoms with Crippen molar-refractivity contribution < 1.29 is 4.74 Å². The highest BCUT2D eigenvalue weighted by atomic mass is 79.9. The fourth-order valence-electron chi connectivity index (χ4n) is 2.13. The highest BCUT2D eigenvalue weighted by Crippen LogP contribution is 2.29. The van der Waals surface area contributed by atoms with Gasteiger partial charge in [-0.25, -0.2) is 0 Å². The zero-order chi connectivity index (χ0) is 14.3. The van der Waals surface area contributed by atoms with Gasteiger partial charge in [0.25, 0.3) is 0 Å². The van der Waals surface area contributed by atoms with E-state index in [1.165, 1.54) is 0 Å². The van der Waals surface area contributed by atoms with E-state index < -0.39 is 0 Å². The van der Waals surface area contributed by atoms with E-state index in [9.17, 15) is 0 Å². The molecule has 0 aliphatic heterocycles. The van der Waals surface area contributed by atoms with E-state index in [0.29, 0.717) is 4.77 Å². The molecule has 0 aliphatic carbocycles. The minimum Gasteiger partial charge on any atom is -0.495 e. The number of aromatic nitrogens is 2. The number of benzene rings is 2. The van der Waals surface area contributed by atoms with Crippen LogP contribution in [0.15, 0.2) is 45.3 Å². The summed E-state index contributed by atoms with van der Waals surface area (Å²) in [5.74, 6) is 0.774. The number of imidazole rings is 1. The molecule has 3 nitrogen and oxygen atoms in total. The number of nitrogens with one attached hydrogen (secondary N) is 1. The van der Waals surface area contributed by atoms with Crippen molar-refractivity contribution in [3.63, 3.8) is 0 Å². The number of fused-ring (bicyclic) bond motifs is 1. The first-order chi connectivity index (χ1) is 9.60. The van der Waals surface area contributed by atoms with E-state index >= 15 is 0 Å². The van der Waals surface area contributed by atoms with Crippen molar-refractivity contribution >= 4 is 55.1 Å². The normalized spacial score (nSPS) is 10.9. The molecule has 0 radical (unpaired) electrons. The van der Waals surface area contributed by atoms with Crippen LogP contribution in [-0.4, -0.2) is 16.7 Å². The molecule has 0 saturated heterocycles. The summed E-state index contributed by atoms with van der Waals surface area (Å²) in [6.07, 6.45) is 0. The molecule has 20 heavy (non-hydrogen) atoms. The van der Waals surface area contributed by atoms with Crippen LogP contribution in [0, 0.1) is 4.77 Å². The fourth-order valence-corrected chi connectivity index (χ4v) is 3.21. The van der Waals surface area contributed by atoms with Gasteiger partial charge in [-0.15, -0.1) is 0 Å². The Morgan fingerprint density at radius 3 is 2.70 bits per heavy atom. The molecule has 0 aliphatic rings. The third kappa shape index (κ3) is 2.32. The Labute approximate surface area is 137 Å². The maximum absolute atomic E-state index is 5.43. The summed E-state index contributed by atoms with van der Waals surface area (Å²) >= 11 is 12.4. The van der Waals surface area contributed by atoms with Crippen LogP contribution in [0.5, 0.6) is 5.75 Å². The van der Waals surface area contributed by atoms with E-state index in [1.54, 1.807) is 7.11 Å². The third-order valence-corrected chi connectivity index (χ3v) is 4.47. The molecule has 3 rings (SSSR count). The van der Waals surface area contributed by atoms with E-state index in [1.807, 2.05) is 41.0 Å². The van der Waals surface area contributed by atoms with Gasteiger partial charge in [-0.3, -0.25) is 4.57 Å². The lowest BCUT2D eigenvalue weighted by Gasteiger charge is -2.08. The van der Waals surface area contributed by atoms with Crippen LogP contribution in [-0.2, 0) is 0 Å². The fraction of sp³-hybridized carbons (Fsp3) is 0.0714. The molecule has 1 heterocycles. The molecule has 3 aromatic rings. The summed E-state index contributed by atoms with van der Waals surface area (Å²) in [5, 5.41) is 0. The predicted molar refractivity (Wildman–Crippen MR) is 90.4 cm³/mol. The highest BCUT2D eigenvalue weighted by Gasteiger charge is 2.09. The smallest absolute Gasteiger partial charge is 0.182 e. The van der Waals surface area contributed by atoms with Crippen molar-refractivity contribution in [1.82, 2.24) is 9.55 Å². The van der Waals surface area contributed by atoms with Crippen molar-refractivity contribution in [2.75, 3.05) is 7.11 Å². The first-order valence-electron chi connectivity index (χ1n) is 5.84. The van der Waals surface area contributed by atoms with E-state index in [2.05, 4.69) is 36.8 Å². The van der Waals surface area contributed by atoms with Gasteiger partial charge < -0.3 is 9.72 Å². The summed E-state index contributed by atoms with van der Waals surface area (Å²) in [6, 6.07) is 11.9. The number of hydrogen-bond donors (Lipinski definition) is 1. The molecule has 2 aromatic carbocycles. The summed E-state index contributed by atoms with van der Waals surface area (Å²) in [5.41, 5.74) is 2.98. The number of methoxy groups -OCH3 is 1. The van der Waals surface area contributed by atoms with Gasteiger partial charge in [0.2, 0.25) is 0 Å². The lowest BCUT2D eigenvalue weighted by Crippen LogP contribution is -1.95. The molecule has 0 saturated carbocycles. The first kappa shape index (κ1) is 13.9. The van der Waals surface area contributed by atoms with E-state index in [0.717, 1.165) is 31.4 Å². The number of nitrogens with zero attached hydrogens (tertiary/aromatic N) is 1. The lowest BCUT2D eigenvalue weighted by molar-refractivity contribution is 0.412. The lowest BCUT2D eigenvalue weighted by atomic mass is 10.2. The molecule has 0 bridgehead atoms. The average molecular weight is 414 g/mol. The molecule has 6 heteroatoms. The number of aromatic amines is 1. The number of ether oxygens (including phenoxy) is 1. The quantitative estimate of drug-likeness (QED) is 0.583. The Kier molecular flexibility index (Phi) is 3.70. The Morgan fingerprint density at radius 2 is 1.95 bits per heavy atom. The van der Waals surface area contributed by atoms with Crippen LogP contribution in [0.4, 0.5) is 0 Å². The van der Waals surface area contributed by atoms with Gasteiger partial charge in [0.05, 0.1) is 28.3 Å². The zero-order valence-corrected chi connectivity index (χ0v) is 14.5. The summed E-state index contributed by atoms with van der Waals surface area (Å²) < 4.78 is 9.92. The maximum atomic E-state index is 5.43. The van der Waals surface area contributed by atoms with Crippen molar-refractivity contribution in [1.29, 1.82) is 0 Å². The zero-order valence-electron chi connectivity index (χ0n) is 10.5. The second-order valence-electron chi connectivity index (χ2n) is 4.25. The molecule has 0 amide bonds. The molecular weight excluding hydrogens is 404 g/mol. The minimum absolute atomic E-state index is 0.655. The van der Waals surface area contributed by atoms with Crippen molar-refractivity contribution in [2.24, 2.45) is 0 Å². The molecule has 1 aromatic heterocycles. The van der Waals surface area contributed by atoms with Crippen LogP contribution >= 0.6 is 44.1 Å².